The number of hydrogen-bond acceptors (Lipinski definition) is 4. The molecule has 1 heterocycles. The first-order valence-corrected chi connectivity index (χ1v) is 7.13. The van der Waals surface area contributed by atoms with Crippen LogP contribution in [-0.2, 0) is 0 Å². The number of methoxy groups -OCH3 is 1. The average molecular weight is 263 g/mol. The number of benzene rings is 1. The molecule has 4 heteroatoms. The summed E-state index contributed by atoms with van der Waals surface area (Å²) in [5.74, 6) is 0.900. The second kappa shape index (κ2) is 7.48. The fraction of sp³-hybridized carbons (Fsp3) is 0.600. The molecule has 1 aromatic rings. The zero-order valence-electron chi connectivity index (χ0n) is 11.8. The lowest BCUT2D eigenvalue weighted by molar-refractivity contribution is 0.234. The van der Waals surface area contributed by atoms with E-state index in [0.717, 1.165) is 56.9 Å². The summed E-state index contributed by atoms with van der Waals surface area (Å²) < 4.78 is 5.36. The summed E-state index contributed by atoms with van der Waals surface area (Å²) in [5.41, 5.74) is 7.39. The minimum absolute atomic E-state index is 0.0686. The van der Waals surface area contributed by atoms with Gasteiger partial charge in [-0.25, -0.2) is 0 Å². The maximum absolute atomic E-state index is 6.28. The van der Waals surface area contributed by atoms with Crippen molar-refractivity contribution in [1.82, 2.24) is 10.2 Å². The highest BCUT2D eigenvalue weighted by molar-refractivity contribution is 5.35. The predicted octanol–water partition coefficient (Wildman–Crippen LogP) is 1.38. The Morgan fingerprint density at radius 2 is 2.05 bits per heavy atom. The van der Waals surface area contributed by atoms with Crippen molar-refractivity contribution in [3.63, 3.8) is 0 Å². The molecule has 1 atom stereocenters. The Morgan fingerprint density at radius 3 is 2.79 bits per heavy atom. The molecule has 1 aliphatic rings. The molecule has 0 radical (unpaired) electrons. The number of nitrogens with zero attached hydrogens (tertiary/aromatic N) is 1. The molecule has 0 amide bonds. The van der Waals surface area contributed by atoms with E-state index in [9.17, 15) is 0 Å². The molecule has 1 saturated heterocycles. The lowest BCUT2D eigenvalue weighted by Crippen LogP contribution is -2.43. The SMILES string of the molecule is COc1ccccc1C(N)CCCN1CCNCC1. The molecule has 0 bridgehead atoms. The second-order valence-corrected chi connectivity index (χ2v) is 5.08. The van der Waals surface area contributed by atoms with Gasteiger partial charge in [-0.15, -0.1) is 0 Å². The quantitative estimate of drug-likeness (QED) is 0.814. The number of nitrogens with one attached hydrogen (secondary N) is 1. The van der Waals surface area contributed by atoms with E-state index in [4.69, 9.17) is 10.5 Å². The fourth-order valence-electron chi connectivity index (χ4n) is 2.60. The van der Waals surface area contributed by atoms with E-state index in [2.05, 4.69) is 16.3 Å². The summed E-state index contributed by atoms with van der Waals surface area (Å²) in [4.78, 5) is 2.51. The van der Waals surface area contributed by atoms with Gasteiger partial charge in [0.05, 0.1) is 7.11 Å². The Balaban J connectivity index is 1.78. The number of para-hydroxylation sites is 1. The molecule has 4 nitrogen and oxygen atoms in total. The topological polar surface area (TPSA) is 50.5 Å². The molecule has 0 saturated carbocycles. The van der Waals surface area contributed by atoms with Crippen molar-refractivity contribution >= 4 is 0 Å². The standard InChI is InChI=1S/C15H25N3O/c1-19-15-7-3-2-5-13(15)14(16)6-4-10-18-11-8-17-9-12-18/h2-3,5,7,14,17H,4,6,8-12,16H2,1H3. The van der Waals surface area contributed by atoms with E-state index in [0.29, 0.717) is 0 Å². The van der Waals surface area contributed by atoms with Crippen LogP contribution < -0.4 is 15.8 Å². The Kier molecular flexibility index (Phi) is 5.63. The van der Waals surface area contributed by atoms with E-state index in [1.807, 2.05) is 18.2 Å². The molecule has 0 aromatic heterocycles. The summed E-state index contributed by atoms with van der Waals surface area (Å²) >= 11 is 0. The van der Waals surface area contributed by atoms with Crippen molar-refractivity contribution in [1.29, 1.82) is 0 Å². The molecule has 1 unspecified atom stereocenters. The summed E-state index contributed by atoms with van der Waals surface area (Å²) in [6, 6.07) is 8.11. The predicted molar refractivity (Wildman–Crippen MR) is 78.5 cm³/mol. The first kappa shape index (κ1) is 14.3. The highest BCUT2D eigenvalue weighted by atomic mass is 16.5. The highest BCUT2D eigenvalue weighted by Gasteiger charge is 2.13. The van der Waals surface area contributed by atoms with E-state index in [1.54, 1.807) is 7.11 Å². The Bertz CT molecular complexity index is 377. The third kappa shape index (κ3) is 4.20. The molecule has 1 aliphatic heterocycles. The Morgan fingerprint density at radius 1 is 1.32 bits per heavy atom. The van der Waals surface area contributed by atoms with Crippen molar-refractivity contribution in [3.8, 4) is 5.75 Å². The van der Waals surface area contributed by atoms with Crippen molar-refractivity contribution < 1.29 is 4.74 Å². The first-order chi connectivity index (χ1) is 9.31. The highest BCUT2D eigenvalue weighted by Crippen LogP contribution is 2.25. The second-order valence-electron chi connectivity index (χ2n) is 5.08. The molecular weight excluding hydrogens is 238 g/mol. The van der Waals surface area contributed by atoms with Crippen molar-refractivity contribution in [3.05, 3.63) is 29.8 Å². The van der Waals surface area contributed by atoms with Gasteiger partial charge in [0, 0.05) is 37.8 Å². The third-order valence-corrected chi connectivity index (χ3v) is 3.74. The maximum Gasteiger partial charge on any atom is 0.123 e. The van der Waals surface area contributed by atoms with E-state index < -0.39 is 0 Å². The van der Waals surface area contributed by atoms with Crippen LogP contribution in [0.3, 0.4) is 0 Å². The minimum Gasteiger partial charge on any atom is -0.496 e. The van der Waals surface area contributed by atoms with Gasteiger partial charge in [0.1, 0.15) is 5.75 Å². The lowest BCUT2D eigenvalue weighted by Gasteiger charge is -2.27. The van der Waals surface area contributed by atoms with Gasteiger partial charge >= 0.3 is 0 Å². The van der Waals surface area contributed by atoms with E-state index >= 15 is 0 Å². The van der Waals surface area contributed by atoms with Crippen molar-refractivity contribution in [2.45, 2.75) is 18.9 Å². The lowest BCUT2D eigenvalue weighted by atomic mass is 10.0. The molecule has 3 N–H and O–H groups in total. The zero-order chi connectivity index (χ0) is 13.5. The van der Waals surface area contributed by atoms with Crippen molar-refractivity contribution in [2.24, 2.45) is 5.73 Å². The van der Waals surface area contributed by atoms with Gasteiger partial charge in [0.25, 0.3) is 0 Å². The molecule has 1 fully saturated rings. The molecule has 19 heavy (non-hydrogen) atoms. The van der Waals surface area contributed by atoms with Crippen LogP contribution in [0, 0.1) is 0 Å². The van der Waals surface area contributed by atoms with Gasteiger partial charge in [-0.05, 0) is 25.5 Å². The average Bonchev–Trinajstić information content (AvgIpc) is 2.48. The third-order valence-electron chi connectivity index (χ3n) is 3.74. The maximum atomic E-state index is 6.28. The number of hydrogen-bond donors (Lipinski definition) is 2. The number of rotatable bonds is 6. The fourth-order valence-corrected chi connectivity index (χ4v) is 2.60. The Labute approximate surface area is 115 Å². The minimum atomic E-state index is 0.0686. The molecule has 2 rings (SSSR count). The van der Waals surface area contributed by atoms with Gasteiger partial charge < -0.3 is 20.7 Å². The molecule has 0 spiro atoms. The summed E-state index contributed by atoms with van der Waals surface area (Å²) in [6.07, 6.45) is 2.14. The van der Waals surface area contributed by atoms with Crippen LogP contribution in [0.1, 0.15) is 24.4 Å². The van der Waals surface area contributed by atoms with Crippen molar-refractivity contribution in [2.75, 3.05) is 39.8 Å². The largest absolute Gasteiger partial charge is 0.496 e. The summed E-state index contributed by atoms with van der Waals surface area (Å²) in [7, 11) is 1.70. The van der Waals surface area contributed by atoms with Crippen LogP contribution in [0.2, 0.25) is 0 Å². The first-order valence-electron chi connectivity index (χ1n) is 7.13. The van der Waals surface area contributed by atoms with Crippen LogP contribution in [0.25, 0.3) is 0 Å². The van der Waals surface area contributed by atoms with Crippen LogP contribution in [0.5, 0.6) is 5.75 Å². The number of ether oxygens (including phenoxy) is 1. The van der Waals surface area contributed by atoms with Crippen LogP contribution in [0.15, 0.2) is 24.3 Å². The number of nitrogens with two attached hydrogens (primary N) is 1. The van der Waals surface area contributed by atoms with E-state index in [1.165, 1.54) is 0 Å². The Hall–Kier alpha value is -1.10. The van der Waals surface area contributed by atoms with Gasteiger partial charge in [-0.3, -0.25) is 0 Å². The van der Waals surface area contributed by atoms with Gasteiger partial charge in [-0.1, -0.05) is 18.2 Å². The van der Waals surface area contributed by atoms with Gasteiger partial charge in [0.15, 0.2) is 0 Å². The molecule has 0 aliphatic carbocycles. The smallest absolute Gasteiger partial charge is 0.123 e. The van der Waals surface area contributed by atoms with E-state index in [-0.39, 0.29) is 6.04 Å². The monoisotopic (exact) mass is 263 g/mol. The van der Waals surface area contributed by atoms with Crippen LogP contribution in [0.4, 0.5) is 0 Å². The summed E-state index contributed by atoms with van der Waals surface area (Å²) in [6.45, 7) is 5.68. The van der Waals surface area contributed by atoms with Gasteiger partial charge in [0.2, 0.25) is 0 Å². The number of piperazine rings is 1. The zero-order valence-corrected chi connectivity index (χ0v) is 11.8. The molecular formula is C15H25N3O. The van der Waals surface area contributed by atoms with Crippen LogP contribution in [-0.4, -0.2) is 44.7 Å². The molecule has 106 valence electrons. The normalized spacial score (nSPS) is 18.2. The molecule has 1 aromatic carbocycles. The van der Waals surface area contributed by atoms with Gasteiger partial charge in [-0.2, -0.15) is 0 Å². The summed E-state index contributed by atoms with van der Waals surface area (Å²) in [5, 5.41) is 3.37. The van der Waals surface area contributed by atoms with Crippen LogP contribution >= 0.6 is 0 Å².